The highest BCUT2D eigenvalue weighted by molar-refractivity contribution is 5.97. The van der Waals surface area contributed by atoms with Crippen LogP contribution in [-0.4, -0.2) is 41.4 Å². The third-order valence-electron chi connectivity index (χ3n) is 5.38. The average Bonchev–Trinajstić information content (AvgIpc) is 2.83. The van der Waals surface area contributed by atoms with E-state index in [2.05, 4.69) is 0 Å². The Morgan fingerprint density at radius 2 is 1.27 bits per heavy atom. The van der Waals surface area contributed by atoms with Gasteiger partial charge in [-0.2, -0.15) is 0 Å². The van der Waals surface area contributed by atoms with E-state index in [0.717, 1.165) is 11.1 Å². The molecule has 3 rings (SSSR count). The Morgan fingerprint density at radius 1 is 0.788 bits per heavy atom. The number of amides is 2. The number of carbonyl (C=O) groups excluding carboxylic acids is 3. The standard InChI is InChI=1S/C27H28N2O4/c1-20(30)33-19-24(17-21-11-5-2-6-12-21)29(27(32)23-15-9-4-10-16-23)25(26(28)31)18-22-13-7-3-8-14-22/h2-16,24-25H,17-19H2,1H3,(H2,28,31)/t24-,25-/m0/s1. The highest BCUT2D eigenvalue weighted by Gasteiger charge is 2.35. The van der Waals surface area contributed by atoms with E-state index >= 15 is 0 Å². The second-order valence-electron chi connectivity index (χ2n) is 7.83. The molecule has 0 saturated carbocycles. The first-order chi connectivity index (χ1) is 16.0. The van der Waals surface area contributed by atoms with Crippen LogP contribution in [0.4, 0.5) is 0 Å². The molecule has 0 aromatic heterocycles. The molecular weight excluding hydrogens is 416 g/mol. The van der Waals surface area contributed by atoms with Gasteiger partial charge in [0, 0.05) is 18.9 Å². The normalized spacial score (nSPS) is 12.4. The quantitative estimate of drug-likeness (QED) is 0.486. The summed E-state index contributed by atoms with van der Waals surface area (Å²) in [6.07, 6.45) is 0.644. The SMILES string of the molecule is CC(=O)OC[C@H](Cc1ccccc1)N(C(=O)c1ccccc1)[C@@H](Cc1ccccc1)C(N)=O. The van der Waals surface area contributed by atoms with E-state index in [4.69, 9.17) is 10.5 Å². The molecule has 0 fully saturated rings. The van der Waals surface area contributed by atoms with Crippen LogP contribution in [0.3, 0.4) is 0 Å². The molecule has 0 aliphatic carbocycles. The van der Waals surface area contributed by atoms with Crippen molar-refractivity contribution in [3.05, 3.63) is 108 Å². The lowest BCUT2D eigenvalue weighted by molar-refractivity contribution is -0.143. The van der Waals surface area contributed by atoms with Crippen LogP contribution in [0.1, 0.15) is 28.4 Å². The zero-order valence-corrected chi connectivity index (χ0v) is 18.6. The van der Waals surface area contributed by atoms with Crippen molar-refractivity contribution in [3.8, 4) is 0 Å². The van der Waals surface area contributed by atoms with Crippen molar-refractivity contribution in [1.82, 2.24) is 4.90 Å². The molecular formula is C27H28N2O4. The molecule has 6 nitrogen and oxygen atoms in total. The Hall–Kier alpha value is -3.93. The van der Waals surface area contributed by atoms with E-state index in [1.165, 1.54) is 11.8 Å². The van der Waals surface area contributed by atoms with Crippen molar-refractivity contribution < 1.29 is 19.1 Å². The highest BCUT2D eigenvalue weighted by Crippen LogP contribution is 2.20. The van der Waals surface area contributed by atoms with Crippen molar-refractivity contribution in [2.24, 2.45) is 5.73 Å². The average molecular weight is 445 g/mol. The molecule has 0 saturated heterocycles. The molecule has 0 aliphatic rings. The molecule has 170 valence electrons. The smallest absolute Gasteiger partial charge is 0.302 e. The Labute approximate surface area is 194 Å². The van der Waals surface area contributed by atoms with Crippen LogP contribution in [0.25, 0.3) is 0 Å². The van der Waals surface area contributed by atoms with Gasteiger partial charge in [0.05, 0.1) is 6.04 Å². The summed E-state index contributed by atoms with van der Waals surface area (Å²) < 4.78 is 5.34. The molecule has 3 aromatic rings. The number of benzene rings is 3. The van der Waals surface area contributed by atoms with Crippen molar-refractivity contribution in [2.45, 2.75) is 31.8 Å². The van der Waals surface area contributed by atoms with E-state index < -0.39 is 24.0 Å². The summed E-state index contributed by atoms with van der Waals surface area (Å²) in [5.74, 6) is -1.42. The number of carbonyl (C=O) groups is 3. The van der Waals surface area contributed by atoms with Gasteiger partial charge >= 0.3 is 5.97 Å². The predicted octanol–water partition coefficient (Wildman–Crippen LogP) is 3.40. The molecule has 2 atom stereocenters. The maximum Gasteiger partial charge on any atom is 0.302 e. The summed E-state index contributed by atoms with van der Waals surface area (Å²) in [6.45, 7) is 1.26. The van der Waals surface area contributed by atoms with Gasteiger partial charge in [-0.1, -0.05) is 78.9 Å². The summed E-state index contributed by atoms with van der Waals surface area (Å²) in [5, 5.41) is 0. The number of esters is 1. The first-order valence-electron chi connectivity index (χ1n) is 10.8. The van der Waals surface area contributed by atoms with Crippen LogP contribution in [-0.2, 0) is 27.2 Å². The number of nitrogens with zero attached hydrogens (tertiary/aromatic N) is 1. The molecule has 2 amide bonds. The Balaban J connectivity index is 2.05. The number of ether oxygens (including phenoxy) is 1. The maximum atomic E-state index is 13.7. The maximum absolute atomic E-state index is 13.7. The predicted molar refractivity (Wildman–Crippen MR) is 126 cm³/mol. The van der Waals surface area contributed by atoms with E-state index in [-0.39, 0.29) is 18.9 Å². The fraction of sp³-hybridized carbons (Fsp3) is 0.222. The summed E-state index contributed by atoms with van der Waals surface area (Å²) in [4.78, 5) is 39.6. The molecule has 0 unspecified atom stereocenters. The second kappa shape index (κ2) is 11.6. The lowest BCUT2D eigenvalue weighted by atomic mass is 9.97. The van der Waals surface area contributed by atoms with Crippen LogP contribution in [0.5, 0.6) is 0 Å². The molecule has 0 radical (unpaired) electrons. The summed E-state index contributed by atoms with van der Waals surface area (Å²) in [5.41, 5.74) is 8.10. The number of hydrogen-bond donors (Lipinski definition) is 1. The fourth-order valence-electron chi connectivity index (χ4n) is 3.80. The first kappa shape index (κ1) is 23.7. The minimum absolute atomic E-state index is 0.0542. The van der Waals surface area contributed by atoms with Crippen LogP contribution < -0.4 is 5.73 Å². The van der Waals surface area contributed by atoms with Crippen LogP contribution >= 0.6 is 0 Å². The second-order valence-corrected chi connectivity index (χ2v) is 7.83. The zero-order chi connectivity index (χ0) is 23.6. The van der Waals surface area contributed by atoms with E-state index in [1.54, 1.807) is 24.3 Å². The summed E-state index contributed by atoms with van der Waals surface area (Å²) in [6, 6.07) is 26.2. The van der Waals surface area contributed by atoms with Gasteiger partial charge in [-0.15, -0.1) is 0 Å². The minimum Gasteiger partial charge on any atom is -0.464 e. The number of hydrogen-bond acceptors (Lipinski definition) is 4. The number of rotatable bonds is 10. The molecule has 6 heteroatoms. The number of primary amides is 1. The Morgan fingerprint density at radius 3 is 1.76 bits per heavy atom. The van der Waals surface area contributed by atoms with Gasteiger partial charge in [-0.25, -0.2) is 0 Å². The van der Waals surface area contributed by atoms with Crippen molar-refractivity contribution in [2.75, 3.05) is 6.61 Å². The molecule has 0 spiro atoms. The van der Waals surface area contributed by atoms with Crippen molar-refractivity contribution >= 4 is 17.8 Å². The molecule has 0 heterocycles. The van der Waals surface area contributed by atoms with E-state index in [0.29, 0.717) is 12.0 Å². The molecule has 2 N–H and O–H groups in total. The molecule has 0 bridgehead atoms. The third-order valence-corrected chi connectivity index (χ3v) is 5.38. The minimum atomic E-state index is -0.927. The van der Waals surface area contributed by atoms with Gasteiger partial charge in [0.15, 0.2) is 0 Å². The summed E-state index contributed by atoms with van der Waals surface area (Å²) >= 11 is 0. The van der Waals surface area contributed by atoms with Crippen LogP contribution in [0, 0.1) is 0 Å². The van der Waals surface area contributed by atoms with Gasteiger partial charge in [-0.05, 0) is 29.7 Å². The topological polar surface area (TPSA) is 89.7 Å². The molecule has 3 aromatic carbocycles. The van der Waals surface area contributed by atoms with E-state index in [9.17, 15) is 14.4 Å². The first-order valence-corrected chi connectivity index (χ1v) is 10.8. The largest absolute Gasteiger partial charge is 0.464 e. The third kappa shape index (κ3) is 6.77. The van der Waals surface area contributed by atoms with Gasteiger partial charge in [0.2, 0.25) is 5.91 Å². The monoisotopic (exact) mass is 444 g/mol. The van der Waals surface area contributed by atoms with Crippen LogP contribution in [0.2, 0.25) is 0 Å². The van der Waals surface area contributed by atoms with E-state index in [1.807, 2.05) is 66.7 Å². The van der Waals surface area contributed by atoms with Gasteiger partial charge in [0.25, 0.3) is 5.91 Å². The number of nitrogens with two attached hydrogens (primary N) is 1. The lowest BCUT2D eigenvalue weighted by Gasteiger charge is -2.37. The van der Waals surface area contributed by atoms with Gasteiger partial charge in [0.1, 0.15) is 12.6 Å². The Bertz CT molecular complexity index is 1060. The summed E-state index contributed by atoms with van der Waals surface area (Å²) in [7, 11) is 0. The van der Waals surface area contributed by atoms with Crippen LogP contribution in [0.15, 0.2) is 91.0 Å². The van der Waals surface area contributed by atoms with Crippen molar-refractivity contribution in [3.63, 3.8) is 0 Å². The Kier molecular flexibility index (Phi) is 8.36. The highest BCUT2D eigenvalue weighted by atomic mass is 16.5. The lowest BCUT2D eigenvalue weighted by Crippen LogP contribution is -2.56. The van der Waals surface area contributed by atoms with Gasteiger partial charge in [-0.3, -0.25) is 14.4 Å². The van der Waals surface area contributed by atoms with Crippen molar-refractivity contribution in [1.29, 1.82) is 0 Å². The zero-order valence-electron chi connectivity index (χ0n) is 18.6. The fourth-order valence-corrected chi connectivity index (χ4v) is 3.80. The van der Waals surface area contributed by atoms with Gasteiger partial charge < -0.3 is 15.4 Å². The molecule has 0 aliphatic heterocycles. The molecule has 33 heavy (non-hydrogen) atoms.